The number of halogens is 4. The number of nitrogens with zero attached hydrogens (tertiary/aromatic N) is 4. The van der Waals surface area contributed by atoms with Crippen molar-refractivity contribution in [2.45, 2.75) is 43.0 Å². The Labute approximate surface area is 184 Å². The third kappa shape index (κ3) is 3.82. The molecule has 1 saturated carbocycles. The fourth-order valence-electron chi connectivity index (χ4n) is 4.09. The van der Waals surface area contributed by atoms with E-state index in [0.717, 1.165) is 18.4 Å². The van der Waals surface area contributed by atoms with Crippen LogP contribution in [-0.4, -0.2) is 49.9 Å². The van der Waals surface area contributed by atoms with Gasteiger partial charge < -0.3 is 15.2 Å². The highest BCUT2D eigenvalue weighted by Crippen LogP contribution is 2.40. The number of aromatic nitrogens is 4. The normalized spacial score (nSPS) is 23.6. The van der Waals surface area contributed by atoms with E-state index in [1.165, 1.54) is 10.7 Å². The number of amides is 1. The van der Waals surface area contributed by atoms with Gasteiger partial charge in [0.05, 0.1) is 18.4 Å². The molecule has 3 aromatic heterocycles. The van der Waals surface area contributed by atoms with E-state index in [1.807, 2.05) is 0 Å². The largest absolute Gasteiger partial charge is 0.417 e. The molecule has 2 aliphatic rings. The third-order valence-electron chi connectivity index (χ3n) is 6.08. The van der Waals surface area contributed by atoms with Gasteiger partial charge in [-0.1, -0.05) is 0 Å². The maximum atomic E-state index is 14.9. The van der Waals surface area contributed by atoms with E-state index in [4.69, 9.17) is 4.74 Å². The van der Waals surface area contributed by atoms with Crippen molar-refractivity contribution in [2.24, 2.45) is 0 Å². The smallest absolute Gasteiger partial charge is 0.388 e. The average molecular weight is 465 g/mol. The van der Waals surface area contributed by atoms with Crippen molar-refractivity contribution in [2.75, 3.05) is 13.2 Å². The highest BCUT2D eigenvalue weighted by atomic mass is 19.4. The molecule has 1 saturated heterocycles. The fourth-order valence-corrected chi connectivity index (χ4v) is 4.09. The summed E-state index contributed by atoms with van der Waals surface area (Å²) in [4.78, 5) is 21.2. The Morgan fingerprint density at radius 1 is 1.24 bits per heavy atom. The van der Waals surface area contributed by atoms with Gasteiger partial charge in [-0.05, 0) is 30.4 Å². The molecule has 0 spiro atoms. The summed E-state index contributed by atoms with van der Waals surface area (Å²) in [6, 6.07) is 0.300. The molecule has 0 bridgehead atoms. The predicted molar refractivity (Wildman–Crippen MR) is 105 cm³/mol. The Kier molecular flexibility index (Phi) is 5.09. The van der Waals surface area contributed by atoms with E-state index < -0.39 is 40.8 Å². The number of fused-ring (bicyclic) bond motifs is 1. The second-order valence-electron chi connectivity index (χ2n) is 8.31. The molecule has 5 rings (SSSR count). The molecule has 1 unspecified atom stereocenters. The van der Waals surface area contributed by atoms with Crippen LogP contribution in [0.3, 0.4) is 0 Å². The topological polar surface area (TPSA) is 102 Å². The Morgan fingerprint density at radius 2 is 2.03 bits per heavy atom. The van der Waals surface area contributed by atoms with Gasteiger partial charge >= 0.3 is 6.18 Å². The molecule has 3 aromatic rings. The van der Waals surface area contributed by atoms with Gasteiger partial charge in [0.25, 0.3) is 5.91 Å². The number of hydrogen-bond acceptors (Lipinski definition) is 6. The molecule has 2 fully saturated rings. The van der Waals surface area contributed by atoms with Crippen LogP contribution in [0.1, 0.15) is 52.4 Å². The van der Waals surface area contributed by atoms with Gasteiger partial charge in [-0.15, -0.1) is 0 Å². The van der Waals surface area contributed by atoms with Crippen molar-refractivity contribution in [1.82, 2.24) is 24.9 Å². The highest BCUT2D eigenvalue weighted by molar-refractivity contribution is 6.00. The van der Waals surface area contributed by atoms with E-state index in [-0.39, 0.29) is 30.8 Å². The molecule has 0 aromatic carbocycles. The number of carbonyl (C=O) groups is 1. The number of ether oxygens (including phenoxy) is 1. The van der Waals surface area contributed by atoms with Gasteiger partial charge in [0.15, 0.2) is 5.65 Å². The van der Waals surface area contributed by atoms with Gasteiger partial charge in [0.2, 0.25) is 0 Å². The molecule has 2 atom stereocenters. The summed E-state index contributed by atoms with van der Waals surface area (Å²) in [5, 5.41) is 17.4. The Morgan fingerprint density at radius 3 is 2.70 bits per heavy atom. The molecule has 0 radical (unpaired) electrons. The molecule has 12 heteroatoms. The first kappa shape index (κ1) is 21.7. The first-order chi connectivity index (χ1) is 15.7. The lowest BCUT2D eigenvalue weighted by Gasteiger charge is -2.41. The van der Waals surface area contributed by atoms with Crippen molar-refractivity contribution >= 4 is 11.6 Å². The quantitative estimate of drug-likeness (QED) is 0.575. The minimum atomic E-state index is -4.79. The minimum absolute atomic E-state index is 0.0250. The SMILES string of the molecule is O=C(NC1(c2ncc(C(F)(F)F)cc2F)CCOC[C@H]1O)c1cnn2cc(C3CC3)cnc12. The van der Waals surface area contributed by atoms with Crippen LogP contribution in [0.4, 0.5) is 17.6 Å². The fraction of sp³-hybridized carbons (Fsp3) is 0.429. The standard InChI is InChI=1S/C21H19F4N5O3/c22-15-5-13(21(23,24)25)7-26-17(15)20(3-4-33-10-16(20)31)29-19(32)14-8-28-30-9-12(11-1-2-11)6-27-18(14)30/h5-9,11,16,31H,1-4,10H2,(H,29,32)/t16-,20?/m1/s1. The Hall–Kier alpha value is -3.12. The average Bonchev–Trinajstić information content (AvgIpc) is 3.53. The summed E-state index contributed by atoms with van der Waals surface area (Å²) in [7, 11) is 0. The van der Waals surface area contributed by atoms with E-state index in [1.54, 1.807) is 12.4 Å². The third-order valence-corrected chi connectivity index (χ3v) is 6.08. The maximum absolute atomic E-state index is 14.9. The van der Waals surface area contributed by atoms with Crippen LogP contribution in [0.15, 0.2) is 30.9 Å². The summed E-state index contributed by atoms with van der Waals surface area (Å²) in [5.74, 6) is -1.59. The number of alkyl halides is 3. The number of aliphatic hydroxyl groups is 1. The zero-order chi connectivity index (χ0) is 23.4. The lowest BCUT2D eigenvalue weighted by Crippen LogP contribution is -2.59. The van der Waals surface area contributed by atoms with Gasteiger partial charge in [-0.2, -0.15) is 18.3 Å². The molecule has 174 valence electrons. The van der Waals surface area contributed by atoms with Crippen molar-refractivity contribution in [1.29, 1.82) is 0 Å². The van der Waals surface area contributed by atoms with E-state index in [0.29, 0.717) is 18.2 Å². The van der Waals surface area contributed by atoms with Gasteiger partial charge in [0.1, 0.15) is 28.7 Å². The number of aliphatic hydroxyl groups excluding tert-OH is 1. The van der Waals surface area contributed by atoms with E-state index in [9.17, 15) is 27.5 Å². The number of nitrogens with one attached hydrogen (secondary N) is 1. The molecule has 1 amide bonds. The van der Waals surface area contributed by atoms with Crippen LogP contribution >= 0.6 is 0 Å². The van der Waals surface area contributed by atoms with Crippen molar-refractivity contribution in [3.63, 3.8) is 0 Å². The van der Waals surface area contributed by atoms with Crippen molar-refractivity contribution in [3.8, 4) is 0 Å². The highest BCUT2D eigenvalue weighted by Gasteiger charge is 2.47. The molecular formula is C21H19F4N5O3. The first-order valence-corrected chi connectivity index (χ1v) is 10.3. The number of hydrogen-bond donors (Lipinski definition) is 2. The van der Waals surface area contributed by atoms with Crippen LogP contribution in [0.2, 0.25) is 0 Å². The number of carbonyl (C=O) groups excluding carboxylic acids is 1. The van der Waals surface area contributed by atoms with Gasteiger partial charge in [-0.25, -0.2) is 13.9 Å². The van der Waals surface area contributed by atoms with Crippen LogP contribution in [0, 0.1) is 5.82 Å². The Balaban J connectivity index is 1.51. The van der Waals surface area contributed by atoms with E-state index in [2.05, 4.69) is 20.4 Å². The van der Waals surface area contributed by atoms with Crippen LogP contribution in [-0.2, 0) is 16.5 Å². The second-order valence-corrected chi connectivity index (χ2v) is 8.31. The Bertz CT molecular complexity index is 1230. The molecule has 8 nitrogen and oxygen atoms in total. The van der Waals surface area contributed by atoms with Gasteiger partial charge in [0, 0.05) is 31.6 Å². The van der Waals surface area contributed by atoms with E-state index >= 15 is 0 Å². The first-order valence-electron chi connectivity index (χ1n) is 10.3. The zero-order valence-electron chi connectivity index (χ0n) is 17.1. The monoisotopic (exact) mass is 465 g/mol. The zero-order valence-corrected chi connectivity index (χ0v) is 17.1. The molecule has 1 aliphatic heterocycles. The molecule has 2 N–H and O–H groups in total. The summed E-state index contributed by atoms with van der Waals surface area (Å²) in [6.07, 6.45) is 1.01. The summed E-state index contributed by atoms with van der Waals surface area (Å²) in [6.45, 7) is -0.239. The number of pyridine rings is 1. The van der Waals surface area contributed by atoms with Crippen LogP contribution < -0.4 is 5.32 Å². The second kappa shape index (κ2) is 7.73. The lowest BCUT2D eigenvalue weighted by atomic mass is 9.82. The summed E-state index contributed by atoms with van der Waals surface area (Å²) >= 11 is 0. The molecule has 1 aliphatic carbocycles. The van der Waals surface area contributed by atoms with Crippen molar-refractivity contribution < 1.29 is 32.2 Å². The van der Waals surface area contributed by atoms with Crippen LogP contribution in [0.25, 0.3) is 5.65 Å². The summed E-state index contributed by atoms with van der Waals surface area (Å²) in [5.41, 5.74) is -2.24. The van der Waals surface area contributed by atoms with Crippen molar-refractivity contribution in [3.05, 3.63) is 59.1 Å². The molecule has 4 heterocycles. The number of rotatable bonds is 4. The lowest BCUT2D eigenvalue weighted by molar-refractivity contribution is -0.138. The maximum Gasteiger partial charge on any atom is 0.417 e. The molecular weight excluding hydrogens is 446 g/mol. The predicted octanol–water partition coefficient (Wildman–Crippen LogP) is 2.57. The minimum Gasteiger partial charge on any atom is -0.388 e. The van der Waals surface area contributed by atoms with Crippen LogP contribution in [0.5, 0.6) is 0 Å². The molecule has 33 heavy (non-hydrogen) atoms. The summed E-state index contributed by atoms with van der Waals surface area (Å²) < 4.78 is 60.5. The van der Waals surface area contributed by atoms with Gasteiger partial charge in [-0.3, -0.25) is 9.78 Å².